The first-order valence-electron chi connectivity index (χ1n) is 10.4. The molecule has 1 unspecified atom stereocenters. The van der Waals surface area contributed by atoms with E-state index in [1.807, 2.05) is 19.9 Å². The number of hydrogen-bond donors (Lipinski definition) is 1. The second-order valence-electron chi connectivity index (χ2n) is 8.18. The zero-order valence-electron chi connectivity index (χ0n) is 17.1. The zero-order valence-corrected chi connectivity index (χ0v) is 17.9. The Balaban J connectivity index is 1.54. The van der Waals surface area contributed by atoms with Gasteiger partial charge in [0.1, 0.15) is 0 Å². The second-order valence-corrected chi connectivity index (χ2v) is 9.89. The molecule has 0 spiro atoms. The summed E-state index contributed by atoms with van der Waals surface area (Å²) in [4.78, 5) is 14.0. The van der Waals surface area contributed by atoms with Crippen molar-refractivity contribution in [2.45, 2.75) is 63.3 Å². The van der Waals surface area contributed by atoms with Gasteiger partial charge in [-0.2, -0.15) is 0 Å². The summed E-state index contributed by atoms with van der Waals surface area (Å²) >= 11 is 0. The van der Waals surface area contributed by atoms with Crippen LogP contribution < -0.4 is 9.62 Å². The molecule has 1 N–H and O–H groups in total. The summed E-state index contributed by atoms with van der Waals surface area (Å²) in [7, 11) is -3.66. The van der Waals surface area contributed by atoms with Gasteiger partial charge in [0.15, 0.2) is 0 Å². The maximum Gasteiger partial charge on any atom is 0.241 e. The lowest BCUT2D eigenvalue weighted by atomic mass is 9.89. The molecule has 5 nitrogen and oxygen atoms in total. The van der Waals surface area contributed by atoms with Gasteiger partial charge in [-0.05, 0) is 86.4 Å². The van der Waals surface area contributed by atoms with Crippen molar-refractivity contribution >= 4 is 21.6 Å². The molecular formula is C23H28N2O3S. The van der Waals surface area contributed by atoms with E-state index < -0.39 is 10.0 Å². The van der Waals surface area contributed by atoms with Crippen LogP contribution in [0.5, 0.6) is 0 Å². The molecule has 1 atom stereocenters. The van der Waals surface area contributed by atoms with Crippen LogP contribution in [0.1, 0.15) is 60.9 Å². The number of sulfonamides is 1. The summed E-state index contributed by atoms with van der Waals surface area (Å²) in [6.07, 6.45) is 6.01. The normalized spacial score (nSPS) is 18.0. The quantitative estimate of drug-likeness (QED) is 0.806. The predicted octanol–water partition coefficient (Wildman–Crippen LogP) is 4.04. The molecule has 6 heteroatoms. The molecule has 1 aliphatic heterocycles. The Bertz CT molecular complexity index is 1050. The SMILES string of the molecule is Cc1cc(S(=O)(=O)NC(C)c2ccc3c(c2)CCCC3)ccc1N1CCCC1=O. The van der Waals surface area contributed by atoms with Gasteiger partial charge in [0.05, 0.1) is 4.90 Å². The van der Waals surface area contributed by atoms with E-state index in [1.54, 1.807) is 23.1 Å². The van der Waals surface area contributed by atoms with Gasteiger partial charge in [-0.1, -0.05) is 18.2 Å². The van der Waals surface area contributed by atoms with Crippen molar-refractivity contribution < 1.29 is 13.2 Å². The largest absolute Gasteiger partial charge is 0.312 e. The lowest BCUT2D eigenvalue weighted by Crippen LogP contribution is -2.28. The predicted molar refractivity (Wildman–Crippen MR) is 115 cm³/mol. The van der Waals surface area contributed by atoms with Crippen LogP contribution in [0.2, 0.25) is 0 Å². The third-order valence-electron chi connectivity index (χ3n) is 6.05. The van der Waals surface area contributed by atoms with Crippen molar-refractivity contribution in [3.8, 4) is 0 Å². The monoisotopic (exact) mass is 412 g/mol. The van der Waals surface area contributed by atoms with Crippen LogP contribution >= 0.6 is 0 Å². The molecule has 2 aromatic rings. The number of amides is 1. The number of nitrogens with one attached hydrogen (secondary N) is 1. The van der Waals surface area contributed by atoms with E-state index in [-0.39, 0.29) is 16.8 Å². The first-order valence-corrected chi connectivity index (χ1v) is 11.9. The van der Waals surface area contributed by atoms with Gasteiger partial charge in [0.2, 0.25) is 15.9 Å². The topological polar surface area (TPSA) is 66.5 Å². The summed E-state index contributed by atoms with van der Waals surface area (Å²) in [5, 5.41) is 0. The van der Waals surface area contributed by atoms with Crippen LogP contribution in [-0.4, -0.2) is 20.9 Å². The third-order valence-corrected chi connectivity index (χ3v) is 7.59. The Hall–Kier alpha value is -2.18. The standard InChI is InChI=1S/C23H28N2O3S/c1-16-14-21(11-12-22(16)25-13-5-8-23(25)26)29(27,28)24-17(2)19-10-9-18-6-3-4-7-20(18)15-19/h9-12,14-15,17,24H,3-8,13H2,1-2H3. The fourth-order valence-corrected chi connectivity index (χ4v) is 5.71. The minimum Gasteiger partial charge on any atom is -0.312 e. The van der Waals surface area contributed by atoms with E-state index in [9.17, 15) is 13.2 Å². The number of benzene rings is 2. The highest BCUT2D eigenvalue weighted by Crippen LogP contribution is 2.29. The van der Waals surface area contributed by atoms with Gasteiger partial charge in [0.25, 0.3) is 0 Å². The minimum atomic E-state index is -3.66. The second kappa shape index (κ2) is 7.92. The number of fused-ring (bicyclic) bond motifs is 1. The molecule has 2 aromatic carbocycles. The molecule has 0 radical (unpaired) electrons. The molecule has 1 heterocycles. The van der Waals surface area contributed by atoms with Gasteiger partial charge in [-0.25, -0.2) is 13.1 Å². The van der Waals surface area contributed by atoms with E-state index in [2.05, 4.69) is 16.9 Å². The van der Waals surface area contributed by atoms with Crippen LogP contribution in [0.25, 0.3) is 0 Å². The van der Waals surface area contributed by atoms with E-state index in [4.69, 9.17) is 0 Å². The van der Waals surface area contributed by atoms with Crippen molar-refractivity contribution in [2.24, 2.45) is 0 Å². The van der Waals surface area contributed by atoms with Gasteiger partial charge < -0.3 is 4.90 Å². The van der Waals surface area contributed by atoms with Crippen LogP contribution in [0, 0.1) is 6.92 Å². The molecule has 1 fully saturated rings. The van der Waals surface area contributed by atoms with Crippen molar-refractivity contribution in [1.82, 2.24) is 4.72 Å². The molecule has 0 saturated carbocycles. The van der Waals surface area contributed by atoms with Gasteiger partial charge in [-0.15, -0.1) is 0 Å². The number of anilines is 1. The Morgan fingerprint density at radius 2 is 1.72 bits per heavy atom. The van der Waals surface area contributed by atoms with Crippen molar-refractivity contribution in [3.05, 3.63) is 58.7 Å². The van der Waals surface area contributed by atoms with Crippen LogP contribution in [0.4, 0.5) is 5.69 Å². The molecule has 29 heavy (non-hydrogen) atoms. The molecule has 2 aliphatic rings. The summed E-state index contributed by atoms with van der Waals surface area (Å²) in [5.41, 5.74) is 5.32. The summed E-state index contributed by atoms with van der Waals surface area (Å²) in [5.74, 6) is 0.0999. The number of carbonyl (C=O) groups excluding carboxylic acids is 1. The summed E-state index contributed by atoms with van der Waals surface area (Å²) in [6.45, 7) is 4.43. The zero-order chi connectivity index (χ0) is 20.6. The molecular weight excluding hydrogens is 384 g/mol. The summed E-state index contributed by atoms with van der Waals surface area (Å²) in [6, 6.07) is 11.0. The van der Waals surface area contributed by atoms with Gasteiger partial charge >= 0.3 is 0 Å². The number of nitrogens with zero attached hydrogens (tertiary/aromatic N) is 1. The number of aryl methyl sites for hydroxylation is 3. The van der Waals surface area contributed by atoms with Crippen molar-refractivity contribution in [1.29, 1.82) is 0 Å². The van der Waals surface area contributed by atoms with Gasteiger partial charge in [-0.3, -0.25) is 4.79 Å². The highest BCUT2D eigenvalue weighted by Gasteiger charge is 2.25. The maximum atomic E-state index is 13.0. The highest BCUT2D eigenvalue weighted by molar-refractivity contribution is 7.89. The Morgan fingerprint density at radius 1 is 0.966 bits per heavy atom. The summed E-state index contributed by atoms with van der Waals surface area (Å²) < 4.78 is 28.7. The molecule has 1 aliphatic carbocycles. The number of carbonyl (C=O) groups is 1. The molecule has 154 valence electrons. The fourth-order valence-electron chi connectivity index (χ4n) is 4.39. The average molecular weight is 413 g/mol. The molecule has 1 amide bonds. The van der Waals surface area contributed by atoms with Crippen molar-refractivity contribution in [2.75, 3.05) is 11.4 Å². The first-order chi connectivity index (χ1) is 13.8. The van der Waals surface area contributed by atoms with Crippen LogP contribution in [0.15, 0.2) is 41.3 Å². The smallest absolute Gasteiger partial charge is 0.241 e. The van der Waals surface area contributed by atoms with E-state index >= 15 is 0 Å². The van der Waals surface area contributed by atoms with E-state index in [0.29, 0.717) is 13.0 Å². The van der Waals surface area contributed by atoms with Gasteiger partial charge in [0, 0.05) is 24.7 Å². The molecule has 0 bridgehead atoms. The van der Waals surface area contributed by atoms with Crippen LogP contribution in [-0.2, 0) is 27.7 Å². The van der Waals surface area contributed by atoms with E-state index in [0.717, 1.165) is 36.1 Å². The average Bonchev–Trinajstić information content (AvgIpc) is 3.12. The Morgan fingerprint density at radius 3 is 2.41 bits per heavy atom. The van der Waals surface area contributed by atoms with E-state index in [1.165, 1.54) is 24.0 Å². The highest BCUT2D eigenvalue weighted by atomic mass is 32.2. The third kappa shape index (κ3) is 4.09. The molecule has 4 rings (SSSR count). The molecule has 0 aromatic heterocycles. The fraction of sp³-hybridized carbons (Fsp3) is 0.435. The Labute approximate surface area is 173 Å². The van der Waals surface area contributed by atoms with Crippen LogP contribution in [0.3, 0.4) is 0 Å². The lowest BCUT2D eigenvalue weighted by Gasteiger charge is -2.21. The minimum absolute atomic E-state index is 0.0999. The lowest BCUT2D eigenvalue weighted by molar-refractivity contribution is -0.117. The Kier molecular flexibility index (Phi) is 5.49. The number of rotatable bonds is 5. The van der Waals surface area contributed by atoms with Crippen molar-refractivity contribution in [3.63, 3.8) is 0 Å². The number of hydrogen-bond acceptors (Lipinski definition) is 3. The first kappa shape index (κ1) is 20.1. The molecule has 1 saturated heterocycles. The maximum absolute atomic E-state index is 13.0.